The van der Waals surface area contributed by atoms with Crippen molar-refractivity contribution in [3.05, 3.63) is 29.8 Å². The molecule has 0 saturated heterocycles. The molecule has 0 aliphatic carbocycles. The highest BCUT2D eigenvalue weighted by molar-refractivity contribution is 6.77. The molecule has 0 aliphatic heterocycles. The molecule has 0 saturated carbocycles. The van der Waals surface area contributed by atoms with E-state index in [1.807, 2.05) is 12.1 Å². The summed E-state index contributed by atoms with van der Waals surface area (Å²) >= 11 is 16.8. The number of Topliss-reactive ketones (excluding diaryl/α,β-unsaturated/α-hetero) is 1. The number of alkyl halides is 3. The van der Waals surface area contributed by atoms with Crippen molar-refractivity contribution < 1.29 is 9.53 Å². The fourth-order valence-corrected chi connectivity index (χ4v) is 1.92. The number of H-pyrrole nitrogens is 1. The summed E-state index contributed by atoms with van der Waals surface area (Å²) in [4.78, 5) is 15.0. The van der Waals surface area contributed by atoms with Gasteiger partial charge < -0.3 is 9.72 Å². The second-order valence-corrected chi connectivity index (χ2v) is 5.69. The van der Waals surface area contributed by atoms with E-state index in [-0.39, 0.29) is 5.56 Å². The van der Waals surface area contributed by atoms with E-state index in [1.165, 1.54) is 7.11 Å². The van der Waals surface area contributed by atoms with Crippen molar-refractivity contribution >= 4 is 51.5 Å². The monoisotopic (exact) mass is 291 g/mol. The van der Waals surface area contributed by atoms with Crippen molar-refractivity contribution in [3.63, 3.8) is 0 Å². The summed E-state index contributed by atoms with van der Waals surface area (Å²) in [7, 11) is 1.44. The summed E-state index contributed by atoms with van der Waals surface area (Å²) in [6, 6.07) is 7.21. The Morgan fingerprint density at radius 3 is 2.53 bits per heavy atom. The second-order valence-electron chi connectivity index (χ2n) is 3.41. The smallest absolute Gasteiger partial charge is 0.253 e. The Labute approximate surface area is 113 Å². The lowest BCUT2D eigenvalue weighted by Crippen LogP contribution is -2.19. The standard InChI is InChI=1S/C11H8Cl3NO2/c1-17-10-8(9(16)11(12,13)14)6-4-2-3-5-7(6)15-10/h2-5,15H,1H3. The lowest BCUT2D eigenvalue weighted by atomic mass is 10.1. The Bertz CT molecular complexity index is 572. The molecule has 1 aromatic carbocycles. The van der Waals surface area contributed by atoms with E-state index in [9.17, 15) is 4.79 Å². The molecule has 0 amide bonds. The molecular weight excluding hydrogens is 284 g/mol. The summed E-state index contributed by atoms with van der Waals surface area (Å²) in [5.74, 6) is -0.320. The highest BCUT2D eigenvalue weighted by Gasteiger charge is 2.35. The van der Waals surface area contributed by atoms with Crippen LogP contribution in [-0.4, -0.2) is 21.7 Å². The maximum Gasteiger partial charge on any atom is 0.253 e. The van der Waals surface area contributed by atoms with Crippen LogP contribution < -0.4 is 4.74 Å². The van der Waals surface area contributed by atoms with Gasteiger partial charge in [-0.1, -0.05) is 53.0 Å². The van der Waals surface area contributed by atoms with Crippen molar-refractivity contribution in [3.8, 4) is 5.88 Å². The zero-order valence-electron chi connectivity index (χ0n) is 8.76. The van der Waals surface area contributed by atoms with Gasteiger partial charge in [-0.15, -0.1) is 0 Å². The number of fused-ring (bicyclic) bond motifs is 1. The number of ether oxygens (including phenoxy) is 1. The third-order valence-corrected chi connectivity index (χ3v) is 2.88. The molecule has 0 fully saturated rings. The van der Waals surface area contributed by atoms with Gasteiger partial charge in [0.1, 0.15) is 0 Å². The molecule has 0 aliphatic rings. The molecular formula is C11H8Cl3NO2. The highest BCUT2D eigenvalue weighted by Crippen LogP contribution is 2.37. The van der Waals surface area contributed by atoms with E-state index >= 15 is 0 Å². The van der Waals surface area contributed by atoms with Crippen LogP contribution in [0.3, 0.4) is 0 Å². The van der Waals surface area contributed by atoms with Crippen LogP contribution in [0.15, 0.2) is 24.3 Å². The fourth-order valence-electron chi connectivity index (χ4n) is 1.64. The summed E-state index contributed by atoms with van der Waals surface area (Å²) in [6.07, 6.45) is 0. The Morgan fingerprint density at radius 2 is 1.94 bits per heavy atom. The minimum Gasteiger partial charge on any atom is -0.482 e. The predicted octanol–water partition coefficient (Wildman–Crippen LogP) is 3.73. The molecule has 0 radical (unpaired) electrons. The van der Waals surface area contributed by atoms with Gasteiger partial charge in [-0.3, -0.25) is 4.79 Å². The minimum atomic E-state index is -2.00. The lowest BCUT2D eigenvalue weighted by Gasteiger charge is -2.09. The first-order chi connectivity index (χ1) is 7.95. The molecule has 0 bridgehead atoms. The van der Waals surface area contributed by atoms with Crippen LogP contribution in [0.4, 0.5) is 0 Å². The number of carbonyl (C=O) groups is 1. The number of aromatic amines is 1. The number of para-hydroxylation sites is 1. The van der Waals surface area contributed by atoms with Crippen LogP contribution in [0.1, 0.15) is 10.4 Å². The van der Waals surface area contributed by atoms with E-state index in [2.05, 4.69) is 4.98 Å². The molecule has 90 valence electrons. The molecule has 0 atom stereocenters. The van der Waals surface area contributed by atoms with Crippen molar-refractivity contribution in [1.82, 2.24) is 4.98 Å². The quantitative estimate of drug-likeness (QED) is 0.677. The van der Waals surface area contributed by atoms with E-state index < -0.39 is 9.58 Å². The van der Waals surface area contributed by atoms with Crippen LogP contribution >= 0.6 is 34.8 Å². The molecule has 0 spiro atoms. The van der Waals surface area contributed by atoms with Gasteiger partial charge in [-0.05, 0) is 6.07 Å². The average Bonchev–Trinajstić information content (AvgIpc) is 2.64. The maximum absolute atomic E-state index is 12.0. The van der Waals surface area contributed by atoms with Crippen LogP contribution in [0.25, 0.3) is 10.9 Å². The van der Waals surface area contributed by atoms with Crippen molar-refractivity contribution in [2.24, 2.45) is 0 Å². The van der Waals surface area contributed by atoms with Gasteiger partial charge in [0.15, 0.2) is 0 Å². The number of nitrogens with one attached hydrogen (secondary N) is 1. The Kier molecular flexibility index (Phi) is 3.25. The number of hydrogen-bond donors (Lipinski definition) is 1. The number of benzene rings is 1. The second kappa shape index (κ2) is 4.41. The largest absolute Gasteiger partial charge is 0.482 e. The first-order valence-corrected chi connectivity index (χ1v) is 5.84. The molecule has 6 heteroatoms. The molecule has 0 unspecified atom stereocenters. The maximum atomic E-state index is 12.0. The van der Waals surface area contributed by atoms with Gasteiger partial charge in [0.2, 0.25) is 11.7 Å². The van der Waals surface area contributed by atoms with Gasteiger partial charge in [0.25, 0.3) is 3.79 Å². The third-order valence-electron chi connectivity index (χ3n) is 2.36. The summed E-state index contributed by atoms with van der Waals surface area (Å²) in [5, 5.41) is 0.667. The SMILES string of the molecule is COc1[nH]c2ccccc2c1C(=O)C(Cl)(Cl)Cl. The molecule has 2 rings (SSSR count). The van der Waals surface area contributed by atoms with Crippen molar-refractivity contribution in [2.45, 2.75) is 3.79 Å². The number of aromatic nitrogens is 1. The number of rotatable bonds is 2. The first-order valence-electron chi connectivity index (χ1n) is 4.71. The van der Waals surface area contributed by atoms with Gasteiger partial charge >= 0.3 is 0 Å². The number of carbonyl (C=O) groups excluding carboxylic acids is 1. The van der Waals surface area contributed by atoms with E-state index in [0.29, 0.717) is 11.3 Å². The van der Waals surface area contributed by atoms with Crippen LogP contribution in [0.5, 0.6) is 5.88 Å². The number of methoxy groups -OCH3 is 1. The zero-order valence-corrected chi connectivity index (χ0v) is 11.0. The van der Waals surface area contributed by atoms with Crippen molar-refractivity contribution in [1.29, 1.82) is 0 Å². The minimum absolute atomic E-state index is 0.253. The summed E-state index contributed by atoms with van der Waals surface area (Å²) in [5.41, 5.74) is 1.00. The highest BCUT2D eigenvalue weighted by atomic mass is 35.6. The summed E-state index contributed by atoms with van der Waals surface area (Å²) in [6.45, 7) is 0. The molecule has 1 N–H and O–H groups in total. The zero-order chi connectivity index (χ0) is 12.6. The molecule has 17 heavy (non-hydrogen) atoms. The lowest BCUT2D eigenvalue weighted by molar-refractivity contribution is 0.0995. The van der Waals surface area contributed by atoms with Crippen LogP contribution in [0, 0.1) is 0 Å². The summed E-state index contributed by atoms with van der Waals surface area (Å²) < 4.78 is 3.09. The number of halogens is 3. The topological polar surface area (TPSA) is 42.1 Å². The third kappa shape index (κ3) is 2.23. The van der Waals surface area contributed by atoms with Gasteiger partial charge in [-0.25, -0.2) is 0 Å². The normalized spacial score (nSPS) is 11.8. The molecule has 1 aromatic heterocycles. The van der Waals surface area contributed by atoms with E-state index in [0.717, 1.165) is 5.52 Å². The molecule has 1 heterocycles. The van der Waals surface area contributed by atoms with Gasteiger partial charge in [-0.2, -0.15) is 0 Å². The first kappa shape index (κ1) is 12.6. The van der Waals surface area contributed by atoms with Crippen LogP contribution in [0.2, 0.25) is 0 Å². The molecule has 2 aromatic rings. The average molecular weight is 293 g/mol. The van der Waals surface area contributed by atoms with E-state index in [1.54, 1.807) is 12.1 Å². The molecule has 3 nitrogen and oxygen atoms in total. The Balaban J connectivity index is 2.70. The van der Waals surface area contributed by atoms with Crippen molar-refractivity contribution in [2.75, 3.05) is 7.11 Å². The van der Waals surface area contributed by atoms with Gasteiger partial charge in [0.05, 0.1) is 12.7 Å². The van der Waals surface area contributed by atoms with Crippen LogP contribution in [-0.2, 0) is 0 Å². The predicted molar refractivity (Wildman–Crippen MR) is 69.5 cm³/mol. The Morgan fingerprint density at radius 1 is 1.29 bits per heavy atom. The number of hydrogen-bond acceptors (Lipinski definition) is 2. The Hall–Kier alpha value is -0.900. The van der Waals surface area contributed by atoms with Gasteiger partial charge in [0, 0.05) is 10.9 Å². The number of ketones is 1. The van der Waals surface area contributed by atoms with E-state index in [4.69, 9.17) is 39.5 Å². The fraction of sp³-hybridized carbons (Fsp3) is 0.182.